The Morgan fingerprint density at radius 3 is 2.68 bits per heavy atom. The summed E-state index contributed by atoms with van der Waals surface area (Å²) in [5, 5.41) is 18.4. The highest BCUT2D eigenvalue weighted by Crippen LogP contribution is 2.39. The zero-order valence-electron chi connectivity index (χ0n) is 16.9. The maximum Gasteiger partial charge on any atom is 0.341 e. The fourth-order valence-electron chi connectivity index (χ4n) is 3.26. The minimum atomic E-state index is -0.712. The van der Waals surface area contributed by atoms with Gasteiger partial charge in [-0.2, -0.15) is 5.10 Å². The first-order valence-electron chi connectivity index (χ1n) is 9.54. The van der Waals surface area contributed by atoms with Crippen LogP contribution in [0.3, 0.4) is 0 Å². The van der Waals surface area contributed by atoms with E-state index in [0.29, 0.717) is 46.0 Å². The molecule has 0 unspecified atom stereocenters. The fourth-order valence-corrected chi connectivity index (χ4v) is 4.56. The van der Waals surface area contributed by atoms with Gasteiger partial charge < -0.3 is 10.1 Å². The number of hydrazone groups is 1. The number of nitro groups is 1. The lowest BCUT2D eigenvalue weighted by Crippen LogP contribution is -2.22. The molecule has 0 spiro atoms. The van der Waals surface area contributed by atoms with Gasteiger partial charge in [-0.15, -0.1) is 11.3 Å². The Hall–Kier alpha value is -3.60. The van der Waals surface area contributed by atoms with Crippen molar-refractivity contribution >= 4 is 45.5 Å². The molecule has 0 bridgehead atoms. The third-order valence-electron chi connectivity index (χ3n) is 4.52. The smallest absolute Gasteiger partial charge is 0.341 e. The number of nitro benzene ring substituents is 1. The topological polar surface area (TPSA) is 140 Å². The average Bonchev–Trinajstić information content (AvgIpc) is 3.09. The fraction of sp³-hybridized carbons (Fsp3) is 0.300. The van der Waals surface area contributed by atoms with Crippen LogP contribution in [0.25, 0.3) is 0 Å². The number of hydrogen-bond donors (Lipinski definition) is 2. The van der Waals surface area contributed by atoms with Crippen LogP contribution in [0.2, 0.25) is 0 Å². The van der Waals surface area contributed by atoms with Crippen molar-refractivity contribution in [2.45, 2.75) is 33.1 Å². The zero-order chi connectivity index (χ0) is 22.5. The number of esters is 1. The normalized spacial score (nSPS) is 13.9. The van der Waals surface area contributed by atoms with Gasteiger partial charge in [-0.05, 0) is 37.8 Å². The number of carbonyl (C=O) groups is 3. The molecule has 0 aliphatic heterocycles. The van der Waals surface area contributed by atoms with E-state index >= 15 is 0 Å². The van der Waals surface area contributed by atoms with Gasteiger partial charge in [0.2, 0.25) is 5.91 Å². The number of para-hydroxylation sites is 1. The number of fused-ring (bicyclic) bond motifs is 1. The third kappa shape index (κ3) is 4.77. The number of benzene rings is 1. The summed E-state index contributed by atoms with van der Waals surface area (Å²) in [4.78, 5) is 47.8. The Balaban J connectivity index is 1.95. The molecular weight excluding hydrogens is 424 g/mol. The molecule has 2 N–H and O–H groups in total. The first-order chi connectivity index (χ1) is 14.8. The van der Waals surface area contributed by atoms with Crippen molar-refractivity contribution in [3.05, 3.63) is 55.9 Å². The number of nitrogens with zero attached hydrogens (tertiary/aromatic N) is 2. The molecule has 0 radical (unpaired) electrons. The van der Waals surface area contributed by atoms with Crippen LogP contribution in [0.5, 0.6) is 0 Å². The standard InChI is InChI=1S/C20H20N4O6S/c1-3-30-20(27)16-13-8-6-9-14(17(13)31-19(16)21-11(2)25)22-23-18(26)12-7-4-5-10-15(12)24(28)29/h4-5,7,10H,3,6,8-9H2,1-2H3,(H,21,25)(H,23,26). The highest BCUT2D eigenvalue weighted by atomic mass is 32.1. The van der Waals surface area contributed by atoms with Crippen molar-refractivity contribution in [1.29, 1.82) is 0 Å². The van der Waals surface area contributed by atoms with E-state index in [1.54, 1.807) is 6.92 Å². The second-order valence-electron chi connectivity index (χ2n) is 6.64. The molecule has 0 atom stereocenters. The minimum Gasteiger partial charge on any atom is -0.462 e. The van der Waals surface area contributed by atoms with Crippen LogP contribution in [0.1, 0.15) is 57.8 Å². The van der Waals surface area contributed by atoms with E-state index in [0.717, 1.165) is 0 Å². The number of nitrogens with one attached hydrogen (secondary N) is 2. The number of hydrogen-bond acceptors (Lipinski definition) is 8. The van der Waals surface area contributed by atoms with Crippen LogP contribution in [-0.4, -0.2) is 35.0 Å². The van der Waals surface area contributed by atoms with E-state index in [2.05, 4.69) is 15.8 Å². The van der Waals surface area contributed by atoms with E-state index in [-0.39, 0.29) is 23.8 Å². The molecule has 1 aromatic carbocycles. The Bertz CT molecular complexity index is 1090. The minimum absolute atomic E-state index is 0.106. The van der Waals surface area contributed by atoms with Crippen LogP contribution in [0.15, 0.2) is 29.4 Å². The van der Waals surface area contributed by atoms with Gasteiger partial charge in [0.15, 0.2) is 0 Å². The van der Waals surface area contributed by atoms with Crippen LogP contribution in [0.4, 0.5) is 10.7 Å². The van der Waals surface area contributed by atoms with Crippen molar-refractivity contribution < 1.29 is 24.0 Å². The summed E-state index contributed by atoms with van der Waals surface area (Å²) in [6, 6.07) is 5.59. The van der Waals surface area contributed by atoms with E-state index < -0.39 is 16.8 Å². The van der Waals surface area contributed by atoms with Gasteiger partial charge in [0, 0.05) is 13.0 Å². The van der Waals surface area contributed by atoms with Gasteiger partial charge in [0.05, 0.1) is 27.7 Å². The summed E-state index contributed by atoms with van der Waals surface area (Å²) < 4.78 is 5.14. The molecule has 11 heteroatoms. The maximum atomic E-state index is 12.5. The molecule has 0 saturated heterocycles. The van der Waals surface area contributed by atoms with E-state index in [1.165, 1.54) is 42.5 Å². The quantitative estimate of drug-likeness (QED) is 0.398. The molecule has 1 aromatic heterocycles. The van der Waals surface area contributed by atoms with Crippen molar-refractivity contribution in [1.82, 2.24) is 5.43 Å². The molecule has 1 heterocycles. The SMILES string of the molecule is CCOC(=O)c1c(NC(C)=O)sc2c1CCCC2=NNC(=O)c1ccccc1[N+](=O)[O-]. The molecule has 10 nitrogen and oxygen atoms in total. The predicted octanol–water partition coefficient (Wildman–Crippen LogP) is 3.26. The number of anilines is 1. The molecular formula is C20H20N4O6S. The highest BCUT2D eigenvalue weighted by Gasteiger charge is 2.30. The van der Waals surface area contributed by atoms with Crippen molar-refractivity contribution in [2.24, 2.45) is 5.10 Å². The first kappa shape index (κ1) is 22.1. The van der Waals surface area contributed by atoms with E-state index in [9.17, 15) is 24.5 Å². The summed E-state index contributed by atoms with van der Waals surface area (Å²) in [7, 11) is 0. The van der Waals surface area contributed by atoms with Gasteiger partial charge >= 0.3 is 5.97 Å². The molecule has 162 valence electrons. The van der Waals surface area contributed by atoms with Gasteiger partial charge in [-0.3, -0.25) is 19.7 Å². The lowest BCUT2D eigenvalue weighted by molar-refractivity contribution is -0.385. The van der Waals surface area contributed by atoms with Crippen LogP contribution >= 0.6 is 11.3 Å². The third-order valence-corrected chi connectivity index (χ3v) is 5.71. The Labute approximate surface area is 181 Å². The molecule has 2 aromatic rings. The summed E-state index contributed by atoms with van der Waals surface area (Å²) >= 11 is 1.19. The van der Waals surface area contributed by atoms with Gasteiger partial charge in [0.25, 0.3) is 11.6 Å². The lowest BCUT2D eigenvalue weighted by atomic mass is 9.94. The molecule has 0 fully saturated rings. The summed E-state index contributed by atoms with van der Waals surface area (Å²) in [6.07, 6.45) is 1.80. The number of rotatable bonds is 6. The Kier molecular flexibility index (Phi) is 6.75. The number of carbonyl (C=O) groups excluding carboxylic acids is 3. The van der Waals surface area contributed by atoms with Crippen LogP contribution in [0, 0.1) is 10.1 Å². The van der Waals surface area contributed by atoms with Crippen molar-refractivity contribution in [3.8, 4) is 0 Å². The average molecular weight is 444 g/mol. The van der Waals surface area contributed by atoms with Gasteiger partial charge in [0.1, 0.15) is 10.6 Å². The molecule has 0 saturated carbocycles. The van der Waals surface area contributed by atoms with Gasteiger partial charge in [-0.1, -0.05) is 12.1 Å². The summed E-state index contributed by atoms with van der Waals surface area (Å²) in [6.45, 7) is 3.23. The molecule has 2 amide bonds. The summed E-state index contributed by atoms with van der Waals surface area (Å²) in [5.74, 6) is -1.57. The van der Waals surface area contributed by atoms with E-state index in [1.807, 2.05) is 0 Å². The maximum absolute atomic E-state index is 12.5. The number of ether oxygens (including phenoxy) is 1. The summed E-state index contributed by atoms with van der Waals surface area (Å²) in [5.41, 5.74) is 3.48. The second-order valence-corrected chi connectivity index (χ2v) is 7.66. The number of thiophene rings is 1. The monoisotopic (exact) mass is 444 g/mol. The van der Waals surface area contributed by atoms with Gasteiger partial charge in [-0.25, -0.2) is 10.2 Å². The Morgan fingerprint density at radius 1 is 1.26 bits per heavy atom. The molecule has 31 heavy (non-hydrogen) atoms. The lowest BCUT2D eigenvalue weighted by Gasteiger charge is -2.15. The van der Waals surface area contributed by atoms with E-state index in [4.69, 9.17) is 4.74 Å². The largest absolute Gasteiger partial charge is 0.462 e. The molecule has 3 rings (SSSR count). The predicted molar refractivity (Wildman–Crippen MR) is 115 cm³/mol. The van der Waals surface area contributed by atoms with Crippen LogP contribution in [-0.2, 0) is 16.0 Å². The van der Waals surface area contributed by atoms with Crippen LogP contribution < -0.4 is 10.7 Å². The second kappa shape index (κ2) is 9.47. The molecule has 1 aliphatic rings. The number of amides is 2. The zero-order valence-corrected chi connectivity index (χ0v) is 17.7. The first-order valence-corrected chi connectivity index (χ1v) is 10.4. The molecule has 1 aliphatic carbocycles. The highest BCUT2D eigenvalue weighted by molar-refractivity contribution is 7.19. The van der Waals surface area contributed by atoms with Crippen molar-refractivity contribution in [2.75, 3.05) is 11.9 Å². The van der Waals surface area contributed by atoms with Crippen molar-refractivity contribution in [3.63, 3.8) is 0 Å². The Morgan fingerprint density at radius 2 is 2.00 bits per heavy atom.